The van der Waals surface area contributed by atoms with Gasteiger partial charge in [-0.1, -0.05) is 6.07 Å². The Bertz CT molecular complexity index is 1280. The van der Waals surface area contributed by atoms with Gasteiger partial charge in [-0.25, -0.2) is 18.7 Å². The monoisotopic (exact) mass is 434 g/mol. The first-order valence-corrected chi connectivity index (χ1v) is 10.2. The highest BCUT2D eigenvalue weighted by Crippen LogP contribution is 2.37. The molecule has 0 unspecified atom stereocenters. The molecule has 1 saturated heterocycles. The first-order chi connectivity index (χ1) is 15.6. The van der Waals surface area contributed by atoms with E-state index >= 15 is 0 Å². The molecule has 4 aromatic rings. The molecule has 1 aliphatic rings. The smallest absolute Gasteiger partial charge is 0.163 e. The van der Waals surface area contributed by atoms with E-state index in [9.17, 15) is 8.78 Å². The van der Waals surface area contributed by atoms with Gasteiger partial charge in [0.2, 0.25) is 0 Å². The van der Waals surface area contributed by atoms with Crippen LogP contribution in [0.4, 0.5) is 14.6 Å². The van der Waals surface area contributed by atoms with E-state index in [1.807, 2.05) is 18.2 Å². The van der Waals surface area contributed by atoms with E-state index in [2.05, 4.69) is 9.88 Å². The molecule has 8 heteroatoms. The maximum absolute atomic E-state index is 13.9. The number of fused-ring (bicyclic) bond motifs is 1. The fraction of sp³-hybridized carbons (Fsp3) is 0.208. The molecular formula is C24H20F2N4O2. The van der Waals surface area contributed by atoms with Gasteiger partial charge in [0.25, 0.3) is 0 Å². The van der Waals surface area contributed by atoms with Crippen LogP contribution in [0.1, 0.15) is 0 Å². The summed E-state index contributed by atoms with van der Waals surface area (Å²) in [5, 5.41) is 0.763. The number of pyridine rings is 1. The quantitative estimate of drug-likeness (QED) is 0.472. The van der Waals surface area contributed by atoms with Gasteiger partial charge in [0, 0.05) is 36.4 Å². The number of morpholine rings is 1. The number of halogens is 2. The van der Waals surface area contributed by atoms with Gasteiger partial charge in [0.05, 0.1) is 20.3 Å². The molecule has 0 aliphatic carbocycles. The molecule has 0 N–H and O–H groups in total. The summed E-state index contributed by atoms with van der Waals surface area (Å²) in [6.45, 7) is 2.54. The standard InChI is InChI=1S/C24H20F2N4O2/c1-31-21-13-17(15-4-5-19(25)20(26)12-15)11-18-22(21)28-23(16-3-2-6-27-14-16)29-24(18)30-7-9-32-10-8-30/h2-6,11-14H,7-10H2,1H3. The molecule has 162 valence electrons. The summed E-state index contributed by atoms with van der Waals surface area (Å²) >= 11 is 0. The van der Waals surface area contributed by atoms with Crippen molar-refractivity contribution in [2.24, 2.45) is 0 Å². The molecule has 6 nitrogen and oxygen atoms in total. The number of benzene rings is 2. The Balaban J connectivity index is 1.76. The Hall–Kier alpha value is -3.65. The number of hydrogen-bond acceptors (Lipinski definition) is 6. The lowest BCUT2D eigenvalue weighted by Gasteiger charge is -2.29. The molecule has 5 rings (SSSR count). The molecule has 1 fully saturated rings. The lowest BCUT2D eigenvalue weighted by atomic mass is 10.0. The maximum atomic E-state index is 13.9. The van der Waals surface area contributed by atoms with E-state index in [-0.39, 0.29) is 0 Å². The van der Waals surface area contributed by atoms with E-state index in [0.717, 1.165) is 22.8 Å². The van der Waals surface area contributed by atoms with Gasteiger partial charge < -0.3 is 14.4 Å². The fourth-order valence-electron chi connectivity index (χ4n) is 3.82. The summed E-state index contributed by atoms with van der Waals surface area (Å²) in [6.07, 6.45) is 3.41. The van der Waals surface area contributed by atoms with Crippen LogP contribution in [-0.4, -0.2) is 48.4 Å². The Kier molecular flexibility index (Phi) is 5.36. The molecule has 3 heterocycles. The van der Waals surface area contributed by atoms with Crippen molar-refractivity contribution in [2.45, 2.75) is 0 Å². The molecule has 1 aliphatic heterocycles. The predicted octanol–water partition coefficient (Wildman–Crippen LogP) is 4.48. The number of ether oxygens (including phenoxy) is 2. The van der Waals surface area contributed by atoms with Crippen LogP contribution < -0.4 is 9.64 Å². The van der Waals surface area contributed by atoms with Crippen molar-refractivity contribution >= 4 is 16.7 Å². The number of nitrogens with zero attached hydrogens (tertiary/aromatic N) is 4. The van der Waals surface area contributed by atoms with Crippen LogP contribution in [0.25, 0.3) is 33.4 Å². The molecule has 2 aromatic carbocycles. The normalized spacial score (nSPS) is 14.0. The summed E-state index contributed by atoms with van der Waals surface area (Å²) in [6, 6.07) is 11.2. The molecule has 0 spiro atoms. The molecule has 2 aromatic heterocycles. The van der Waals surface area contributed by atoms with Gasteiger partial charge in [-0.05, 0) is 47.5 Å². The van der Waals surface area contributed by atoms with Crippen molar-refractivity contribution in [3.05, 3.63) is 66.5 Å². The van der Waals surface area contributed by atoms with E-state index in [1.54, 1.807) is 25.6 Å². The highest BCUT2D eigenvalue weighted by atomic mass is 19.2. The van der Waals surface area contributed by atoms with Gasteiger partial charge in [0.1, 0.15) is 17.1 Å². The maximum Gasteiger partial charge on any atom is 0.163 e. The van der Waals surface area contributed by atoms with Crippen LogP contribution in [0.15, 0.2) is 54.9 Å². The minimum absolute atomic E-state index is 0.518. The average molecular weight is 434 g/mol. The van der Waals surface area contributed by atoms with Crippen molar-refractivity contribution in [1.82, 2.24) is 15.0 Å². The number of aromatic nitrogens is 3. The molecule has 0 bridgehead atoms. The molecule has 0 saturated carbocycles. The topological polar surface area (TPSA) is 60.4 Å². The number of hydrogen-bond donors (Lipinski definition) is 0. The van der Waals surface area contributed by atoms with Crippen LogP contribution in [0.2, 0.25) is 0 Å². The SMILES string of the molecule is COc1cc(-c2ccc(F)c(F)c2)cc2c(N3CCOCC3)nc(-c3cccnc3)nc12. The highest BCUT2D eigenvalue weighted by Gasteiger charge is 2.21. The lowest BCUT2D eigenvalue weighted by Crippen LogP contribution is -2.37. The van der Waals surface area contributed by atoms with Gasteiger partial charge in [-0.2, -0.15) is 0 Å². The summed E-state index contributed by atoms with van der Waals surface area (Å²) in [5.41, 5.74) is 2.64. The Labute approximate surface area is 183 Å². The van der Waals surface area contributed by atoms with Crippen LogP contribution in [-0.2, 0) is 4.74 Å². The van der Waals surface area contributed by atoms with E-state index in [1.165, 1.54) is 12.1 Å². The van der Waals surface area contributed by atoms with Crippen molar-refractivity contribution < 1.29 is 18.3 Å². The average Bonchev–Trinajstić information content (AvgIpc) is 2.85. The number of anilines is 1. The Morgan fingerprint density at radius 2 is 1.78 bits per heavy atom. The van der Waals surface area contributed by atoms with Gasteiger partial charge >= 0.3 is 0 Å². The number of methoxy groups -OCH3 is 1. The molecule has 0 radical (unpaired) electrons. The van der Waals surface area contributed by atoms with Crippen molar-refractivity contribution in [3.63, 3.8) is 0 Å². The molecule has 0 amide bonds. The summed E-state index contributed by atoms with van der Waals surface area (Å²) < 4.78 is 38.6. The second kappa shape index (κ2) is 8.47. The van der Waals surface area contributed by atoms with Crippen LogP contribution in [0.3, 0.4) is 0 Å². The lowest BCUT2D eigenvalue weighted by molar-refractivity contribution is 0.122. The Morgan fingerprint density at radius 1 is 0.938 bits per heavy atom. The second-order valence-electron chi connectivity index (χ2n) is 7.42. The van der Waals surface area contributed by atoms with Gasteiger partial charge in [-0.3, -0.25) is 4.98 Å². The predicted molar refractivity (Wildman–Crippen MR) is 118 cm³/mol. The highest BCUT2D eigenvalue weighted by molar-refractivity contribution is 5.98. The second-order valence-corrected chi connectivity index (χ2v) is 7.42. The summed E-state index contributed by atoms with van der Waals surface area (Å²) in [5.74, 6) is -0.00626. The van der Waals surface area contributed by atoms with Crippen molar-refractivity contribution in [3.8, 4) is 28.3 Å². The fourth-order valence-corrected chi connectivity index (χ4v) is 3.82. The van der Waals surface area contributed by atoms with Crippen LogP contribution in [0.5, 0.6) is 5.75 Å². The zero-order valence-electron chi connectivity index (χ0n) is 17.4. The zero-order valence-corrected chi connectivity index (χ0v) is 17.4. The van der Waals surface area contributed by atoms with E-state index in [4.69, 9.17) is 19.4 Å². The summed E-state index contributed by atoms with van der Waals surface area (Å²) in [4.78, 5) is 16.0. The summed E-state index contributed by atoms with van der Waals surface area (Å²) in [7, 11) is 1.56. The van der Waals surface area contributed by atoms with Crippen molar-refractivity contribution in [2.75, 3.05) is 38.3 Å². The minimum Gasteiger partial charge on any atom is -0.494 e. The zero-order chi connectivity index (χ0) is 22.1. The van der Waals surface area contributed by atoms with Crippen LogP contribution >= 0.6 is 0 Å². The Morgan fingerprint density at radius 3 is 2.50 bits per heavy atom. The third kappa shape index (κ3) is 3.73. The largest absolute Gasteiger partial charge is 0.494 e. The first kappa shape index (κ1) is 20.3. The van der Waals surface area contributed by atoms with Crippen molar-refractivity contribution in [1.29, 1.82) is 0 Å². The third-order valence-corrected chi connectivity index (χ3v) is 5.45. The van der Waals surface area contributed by atoms with E-state index < -0.39 is 11.6 Å². The van der Waals surface area contributed by atoms with Gasteiger partial charge in [-0.15, -0.1) is 0 Å². The molecular weight excluding hydrogens is 414 g/mol. The van der Waals surface area contributed by atoms with Crippen LogP contribution in [0, 0.1) is 11.6 Å². The van der Waals surface area contributed by atoms with E-state index in [0.29, 0.717) is 54.5 Å². The first-order valence-electron chi connectivity index (χ1n) is 10.2. The third-order valence-electron chi connectivity index (χ3n) is 5.45. The number of rotatable bonds is 4. The molecule has 32 heavy (non-hydrogen) atoms. The minimum atomic E-state index is -0.904. The molecule has 0 atom stereocenters. The van der Waals surface area contributed by atoms with Gasteiger partial charge in [0.15, 0.2) is 17.5 Å².